The number of hydrogen-bond acceptors (Lipinski definition) is 5. The number of nitrogens with zero attached hydrogens (tertiary/aromatic N) is 2. The molecular formula is C24H35ClN2O4S. The molecule has 178 valence electrons. The fraction of sp³-hybridized carbons (Fsp3) is 0.792. The van der Waals surface area contributed by atoms with Gasteiger partial charge >= 0.3 is 6.09 Å². The molecule has 5 atom stereocenters. The van der Waals surface area contributed by atoms with Crippen molar-refractivity contribution in [2.45, 2.75) is 80.6 Å². The summed E-state index contributed by atoms with van der Waals surface area (Å²) in [6.45, 7) is 3.23. The van der Waals surface area contributed by atoms with Gasteiger partial charge in [-0.1, -0.05) is 31.4 Å². The van der Waals surface area contributed by atoms with Crippen LogP contribution in [0.15, 0.2) is 23.1 Å². The van der Waals surface area contributed by atoms with Crippen molar-refractivity contribution < 1.29 is 17.9 Å². The zero-order valence-electron chi connectivity index (χ0n) is 18.7. The van der Waals surface area contributed by atoms with Gasteiger partial charge in [-0.05, 0) is 50.5 Å². The van der Waals surface area contributed by atoms with Crippen LogP contribution in [0.3, 0.4) is 0 Å². The highest BCUT2D eigenvalue weighted by Gasteiger charge is 2.56. The molecule has 0 N–H and O–H groups in total. The van der Waals surface area contributed by atoms with Crippen LogP contribution >= 0.6 is 11.6 Å². The van der Waals surface area contributed by atoms with Gasteiger partial charge in [0.2, 0.25) is 0 Å². The second kappa shape index (κ2) is 9.30. The summed E-state index contributed by atoms with van der Waals surface area (Å²) in [6.07, 6.45) is 14.1. The number of halogens is 1. The molecule has 0 spiro atoms. The number of piperazine rings is 1. The number of hydrogen-bond donors (Lipinski definition) is 0. The first-order valence-electron chi connectivity index (χ1n) is 12.4. The summed E-state index contributed by atoms with van der Waals surface area (Å²) in [7, 11) is -3.43. The van der Waals surface area contributed by atoms with Crippen molar-refractivity contribution in [3.8, 4) is 0 Å². The molecule has 0 aromatic rings. The minimum absolute atomic E-state index is 0.0778. The summed E-state index contributed by atoms with van der Waals surface area (Å²) in [5, 5.41) is -0.576. The Morgan fingerprint density at radius 3 is 2.47 bits per heavy atom. The molecule has 0 aromatic heterocycles. The lowest BCUT2D eigenvalue weighted by Gasteiger charge is -2.40. The quantitative estimate of drug-likeness (QED) is 0.564. The zero-order valence-corrected chi connectivity index (χ0v) is 20.3. The van der Waals surface area contributed by atoms with E-state index in [-0.39, 0.29) is 29.4 Å². The Morgan fingerprint density at radius 2 is 1.78 bits per heavy atom. The van der Waals surface area contributed by atoms with E-state index >= 15 is 0 Å². The maximum absolute atomic E-state index is 13.4. The molecule has 6 nitrogen and oxygen atoms in total. The molecule has 8 heteroatoms. The van der Waals surface area contributed by atoms with Crippen molar-refractivity contribution >= 4 is 27.5 Å². The minimum atomic E-state index is -3.43. The summed E-state index contributed by atoms with van der Waals surface area (Å²) in [5.41, 5.74) is 0. The SMILES string of the molecule is O=C(OC1C[C@H]2CCC1C2S(=O)(=O)C1=CCC(Cl)C=C1)N1CCN(C2CCCCC2)CC1. The Morgan fingerprint density at radius 1 is 1.03 bits per heavy atom. The van der Waals surface area contributed by atoms with E-state index in [4.69, 9.17) is 16.3 Å². The van der Waals surface area contributed by atoms with Gasteiger partial charge in [0, 0.05) is 38.1 Å². The van der Waals surface area contributed by atoms with Crippen molar-refractivity contribution in [2.24, 2.45) is 11.8 Å². The Bertz CT molecular complexity index is 874. The summed E-state index contributed by atoms with van der Waals surface area (Å²) in [4.78, 5) is 17.7. The van der Waals surface area contributed by atoms with E-state index < -0.39 is 15.1 Å². The van der Waals surface area contributed by atoms with Crippen LogP contribution in [0, 0.1) is 11.8 Å². The van der Waals surface area contributed by atoms with Gasteiger partial charge in [0.15, 0.2) is 9.84 Å². The third-order valence-electron chi connectivity index (χ3n) is 8.39. The number of ether oxygens (including phenoxy) is 1. The molecule has 5 aliphatic rings. The molecule has 0 aromatic carbocycles. The highest BCUT2D eigenvalue weighted by atomic mass is 35.5. The molecule has 1 amide bonds. The van der Waals surface area contributed by atoms with E-state index in [9.17, 15) is 13.2 Å². The standard InChI is InChI=1S/C24H35ClN2O4S/c25-18-7-9-20(10-8-18)32(29,30)23-17-6-11-21(23)22(16-17)31-24(28)27-14-12-26(13-15-27)19-4-2-1-3-5-19/h7,9-10,17-19,21-23H,1-6,8,11-16H2/t17-,18?,21?,22?,23?/m1/s1. The summed E-state index contributed by atoms with van der Waals surface area (Å²) in [5.74, 6) is -0.0190. The number of allylic oxidation sites excluding steroid dienone is 3. The first-order valence-corrected chi connectivity index (χ1v) is 14.4. The van der Waals surface area contributed by atoms with Crippen molar-refractivity contribution in [3.63, 3.8) is 0 Å². The fourth-order valence-corrected chi connectivity index (χ4v) is 9.29. The van der Waals surface area contributed by atoms with Crippen molar-refractivity contribution in [2.75, 3.05) is 26.2 Å². The van der Waals surface area contributed by atoms with Crippen LogP contribution in [0.25, 0.3) is 0 Å². The molecule has 1 aliphatic heterocycles. The maximum atomic E-state index is 13.4. The van der Waals surface area contributed by atoms with Gasteiger partial charge in [-0.2, -0.15) is 0 Å². The highest BCUT2D eigenvalue weighted by molar-refractivity contribution is 7.96. The van der Waals surface area contributed by atoms with E-state index in [1.165, 1.54) is 32.1 Å². The molecule has 3 saturated carbocycles. The normalized spacial score (nSPS) is 36.3. The van der Waals surface area contributed by atoms with E-state index in [1.807, 2.05) is 4.90 Å². The predicted molar refractivity (Wildman–Crippen MR) is 125 cm³/mol. The summed E-state index contributed by atoms with van der Waals surface area (Å²) < 4.78 is 32.7. The molecule has 1 saturated heterocycles. The number of rotatable bonds is 4. The van der Waals surface area contributed by atoms with Crippen LogP contribution in [-0.4, -0.2) is 73.3 Å². The lowest BCUT2D eigenvalue weighted by molar-refractivity contribution is 0.0184. The van der Waals surface area contributed by atoms with Gasteiger partial charge < -0.3 is 9.64 Å². The zero-order chi connectivity index (χ0) is 22.3. The van der Waals surface area contributed by atoms with Gasteiger partial charge in [-0.3, -0.25) is 4.90 Å². The third-order valence-corrected chi connectivity index (χ3v) is 11.1. The molecule has 4 fully saturated rings. The van der Waals surface area contributed by atoms with Crippen LogP contribution in [-0.2, 0) is 14.6 Å². The number of sulfone groups is 1. The lowest BCUT2D eigenvalue weighted by atomic mass is 9.94. The van der Waals surface area contributed by atoms with Gasteiger partial charge in [0.25, 0.3) is 0 Å². The van der Waals surface area contributed by atoms with Gasteiger partial charge in [0.05, 0.1) is 15.5 Å². The Kier molecular flexibility index (Phi) is 6.61. The molecule has 2 bridgehead atoms. The average Bonchev–Trinajstić information content (AvgIpc) is 3.39. The summed E-state index contributed by atoms with van der Waals surface area (Å²) >= 11 is 6.08. The van der Waals surface area contributed by atoms with Crippen LogP contribution in [0.1, 0.15) is 57.8 Å². The lowest BCUT2D eigenvalue weighted by Crippen LogP contribution is -2.53. The first kappa shape index (κ1) is 22.7. The van der Waals surface area contributed by atoms with Crippen molar-refractivity contribution in [3.05, 3.63) is 23.1 Å². The smallest absolute Gasteiger partial charge is 0.410 e. The second-order valence-corrected chi connectivity index (χ2v) is 12.9. The monoisotopic (exact) mass is 482 g/mol. The van der Waals surface area contributed by atoms with Crippen molar-refractivity contribution in [1.82, 2.24) is 9.80 Å². The number of fused-ring (bicyclic) bond motifs is 2. The number of amides is 1. The number of alkyl halides is 1. The molecule has 32 heavy (non-hydrogen) atoms. The minimum Gasteiger partial charge on any atom is -0.446 e. The van der Waals surface area contributed by atoms with Gasteiger partial charge in [0.1, 0.15) is 6.10 Å². The van der Waals surface area contributed by atoms with E-state index in [0.717, 1.165) is 25.9 Å². The Balaban J connectivity index is 1.17. The second-order valence-electron chi connectivity index (χ2n) is 10.2. The molecular weight excluding hydrogens is 448 g/mol. The summed E-state index contributed by atoms with van der Waals surface area (Å²) in [6, 6.07) is 0.677. The van der Waals surface area contributed by atoms with Crippen LogP contribution in [0.4, 0.5) is 4.79 Å². The predicted octanol–water partition coefficient (Wildman–Crippen LogP) is 4.11. The van der Waals surface area contributed by atoms with E-state index in [1.54, 1.807) is 18.2 Å². The molecule has 4 aliphatic carbocycles. The fourth-order valence-electron chi connectivity index (χ4n) is 6.69. The van der Waals surface area contributed by atoms with E-state index in [2.05, 4.69) is 4.90 Å². The van der Waals surface area contributed by atoms with Crippen LogP contribution in [0.5, 0.6) is 0 Å². The maximum Gasteiger partial charge on any atom is 0.410 e. The average molecular weight is 483 g/mol. The molecule has 5 rings (SSSR count). The largest absolute Gasteiger partial charge is 0.446 e. The topological polar surface area (TPSA) is 66.9 Å². The van der Waals surface area contributed by atoms with Crippen LogP contribution in [0.2, 0.25) is 0 Å². The van der Waals surface area contributed by atoms with Gasteiger partial charge in [-0.15, -0.1) is 11.6 Å². The van der Waals surface area contributed by atoms with Crippen LogP contribution < -0.4 is 0 Å². The Labute approximate surface area is 196 Å². The van der Waals surface area contributed by atoms with E-state index in [0.29, 0.717) is 36.9 Å². The Hall–Kier alpha value is -1.05. The molecule has 1 heterocycles. The van der Waals surface area contributed by atoms with Crippen molar-refractivity contribution in [1.29, 1.82) is 0 Å². The molecule has 0 radical (unpaired) electrons. The molecule has 4 unspecified atom stereocenters. The number of carbonyl (C=O) groups excluding carboxylic acids is 1. The highest BCUT2D eigenvalue weighted by Crippen LogP contribution is 2.51. The third kappa shape index (κ3) is 4.37. The first-order chi connectivity index (χ1) is 15.4. The number of carbonyl (C=O) groups is 1. The van der Waals surface area contributed by atoms with Gasteiger partial charge in [-0.25, -0.2) is 13.2 Å².